The van der Waals surface area contributed by atoms with Gasteiger partial charge in [0.05, 0.1) is 4.88 Å². The van der Waals surface area contributed by atoms with E-state index in [0.717, 1.165) is 41.2 Å². The number of carboxylic acid groups (broad SMARTS) is 1. The zero-order chi connectivity index (χ0) is 22.7. The van der Waals surface area contributed by atoms with Crippen LogP contribution in [0, 0.1) is 0 Å². The van der Waals surface area contributed by atoms with E-state index in [1.54, 1.807) is 6.92 Å². The number of rotatable bonds is 13. The molecule has 0 spiro atoms. The van der Waals surface area contributed by atoms with E-state index in [-0.39, 0.29) is 12.4 Å². The lowest BCUT2D eigenvalue weighted by atomic mass is 9.98. The van der Waals surface area contributed by atoms with Gasteiger partial charge in [-0.25, -0.2) is 9.59 Å². The number of hydrogen-bond donors (Lipinski definition) is 2. The summed E-state index contributed by atoms with van der Waals surface area (Å²) in [5.74, 6) is -1.79. The van der Waals surface area contributed by atoms with Crippen molar-refractivity contribution in [3.63, 3.8) is 0 Å². The molecule has 6 nitrogen and oxygen atoms in total. The quantitative estimate of drug-likeness (QED) is 0.208. The van der Waals surface area contributed by atoms with Crippen LogP contribution in [-0.2, 0) is 27.2 Å². The molecule has 0 radical (unpaired) electrons. The molecule has 3 N–H and O–H groups in total. The van der Waals surface area contributed by atoms with E-state index in [9.17, 15) is 14.4 Å². The Balaban J connectivity index is 1.71. The first-order valence-corrected chi connectivity index (χ1v) is 11.1. The van der Waals surface area contributed by atoms with Gasteiger partial charge in [-0.3, -0.25) is 4.79 Å². The van der Waals surface area contributed by atoms with Crippen LogP contribution in [0.1, 0.15) is 52.7 Å². The SMILES string of the molecule is CC(N)(CCc1ccc(C(=O)CCCCc2ccccc2)s1)COC(=O)C=CC(=O)O. The van der Waals surface area contributed by atoms with Gasteiger partial charge in [0.2, 0.25) is 0 Å². The first-order chi connectivity index (χ1) is 14.7. The van der Waals surface area contributed by atoms with E-state index < -0.39 is 17.5 Å². The number of carbonyl (C=O) groups excluding carboxylic acids is 2. The fourth-order valence-electron chi connectivity index (χ4n) is 2.95. The van der Waals surface area contributed by atoms with Crippen molar-refractivity contribution in [3.8, 4) is 0 Å². The van der Waals surface area contributed by atoms with Gasteiger partial charge in [0.15, 0.2) is 5.78 Å². The van der Waals surface area contributed by atoms with Crippen molar-refractivity contribution < 1.29 is 24.2 Å². The highest BCUT2D eigenvalue weighted by molar-refractivity contribution is 7.14. The third-order valence-corrected chi connectivity index (χ3v) is 5.93. The predicted octanol–water partition coefficient (Wildman–Crippen LogP) is 4.18. The standard InChI is InChI=1S/C24H29NO5S/c1-24(25,17-30-23(29)14-13-22(27)28)16-15-19-11-12-21(31-19)20(26)10-6-5-9-18-7-3-2-4-8-18/h2-4,7-8,11-14H,5-6,9-10,15-17,25H2,1H3,(H,27,28). The maximum atomic E-state index is 12.4. The van der Waals surface area contributed by atoms with Crippen LogP contribution in [0.2, 0.25) is 0 Å². The molecule has 0 aliphatic heterocycles. The molecule has 0 saturated carbocycles. The van der Waals surface area contributed by atoms with Crippen LogP contribution < -0.4 is 5.73 Å². The maximum absolute atomic E-state index is 12.4. The second-order valence-electron chi connectivity index (χ2n) is 7.82. The molecule has 1 heterocycles. The Morgan fingerprint density at radius 3 is 2.52 bits per heavy atom. The highest BCUT2D eigenvalue weighted by atomic mass is 32.1. The molecular weight excluding hydrogens is 414 g/mol. The number of ketones is 1. The molecule has 2 rings (SSSR count). The molecule has 31 heavy (non-hydrogen) atoms. The van der Waals surface area contributed by atoms with Crippen molar-refractivity contribution in [3.05, 3.63) is 69.9 Å². The van der Waals surface area contributed by atoms with Gasteiger partial charge in [0.25, 0.3) is 0 Å². The Morgan fingerprint density at radius 1 is 1.06 bits per heavy atom. The number of hydrogen-bond acceptors (Lipinski definition) is 6. The summed E-state index contributed by atoms with van der Waals surface area (Å²) in [7, 11) is 0. The lowest BCUT2D eigenvalue weighted by molar-refractivity contribution is -0.140. The molecule has 1 atom stereocenters. The molecule has 0 aliphatic carbocycles. The van der Waals surface area contributed by atoms with E-state index in [2.05, 4.69) is 12.1 Å². The lowest BCUT2D eigenvalue weighted by Crippen LogP contribution is -2.42. The molecule has 1 unspecified atom stereocenters. The molecule has 0 amide bonds. The van der Waals surface area contributed by atoms with E-state index in [4.69, 9.17) is 15.6 Å². The lowest BCUT2D eigenvalue weighted by Gasteiger charge is -2.23. The summed E-state index contributed by atoms with van der Waals surface area (Å²) >= 11 is 1.48. The normalized spacial score (nSPS) is 13.1. The fourth-order valence-corrected chi connectivity index (χ4v) is 3.92. The van der Waals surface area contributed by atoms with Crippen LogP contribution in [0.4, 0.5) is 0 Å². The van der Waals surface area contributed by atoms with Gasteiger partial charge in [-0.15, -0.1) is 11.3 Å². The van der Waals surface area contributed by atoms with Crippen LogP contribution in [0.15, 0.2) is 54.6 Å². The third kappa shape index (κ3) is 9.72. The summed E-state index contributed by atoms with van der Waals surface area (Å²) in [5, 5.41) is 8.51. The van der Waals surface area contributed by atoms with E-state index in [0.29, 0.717) is 19.3 Å². The minimum Gasteiger partial charge on any atom is -0.478 e. The second-order valence-corrected chi connectivity index (χ2v) is 8.98. The summed E-state index contributed by atoms with van der Waals surface area (Å²) < 4.78 is 5.01. The van der Waals surface area contributed by atoms with Crippen molar-refractivity contribution in [2.45, 2.75) is 51.0 Å². The number of aryl methyl sites for hydroxylation is 2. The molecule has 1 aromatic heterocycles. The van der Waals surface area contributed by atoms with Gasteiger partial charge >= 0.3 is 11.9 Å². The van der Waals surface area contributed by atoms with Gasteiger partial charge in [-0.2, -0.15) is 0 Å². The summed E-state index contributed by atoms with van der Waals surface area (Å²) in [6, 6.07) is 14.1. The molecule has 0 saturated heterocycles. The Bertz CT molecular complexity index is 902. The largest absolute Gasteiger partial charge is 0.478 e. The molecule has 1 aromatic carbocycles. The number of esters is 1. The molecular formula is C24H29NO5S. The smallest absolute Gasteiger partial charge is 0.331 e. The number of carbonyl (C=O) groups is 3. The van der Waals surface area contributed by atoms with Crippen molar-refractivity contribution in [1.82, 2.24) is 0 Å². The number of Topliss-reactive ketones (excluding diaryl/α,β-unsaturated/α-hetero) is 1. The summed E-state index contributed by atoms with van der Waals surface area (Å²) in [6.45, 7) is 1.75. The number of benzene rings is 1. The number of unbranched alkanes of at least 4 members (excludes halogenated alkanes) is 1. The zero-order valence-corrected chi connectivity index (χ0v) is 18.5. The Morgan fingerprint density at radius 2 is 1.81 bits per heavy atom. The highest BCUT2D eigenvalue weighted by Crippen LogP contribution is 2.22. The number of ether oxygens (including phenoxy) is 1. The number of aliphatic carboxylic acids is 1. The molecule has 7 heteroatoms. The van der Waals surface area contributed by atoms with Crippen LogP contribution >= 0.6 is 11.3 Å². The molecule has 166 valence electrons. The topological polar surface area (TPSA) is 107 Å². The van der Waals surface area contributed by atoms with Gasteiger partial charge in [0, 0.05) is 29.0 Å². The Labute approximate surface area is 186 Å². The maximum Gasteiger partial charge on any atom is 0.331 e. The van der Waals surface area contributed by atoms with Crippen LogP contribution in [0.5, 0.6) is 0 Å². The van der Waals surface area contributed by atoms with Gasteiger partial charge in [-0.05, 0) is 56.7 Å². The third-order valence-electron chi connectivity index (χ3n) is 4.75. The number of carboxylic acids is 1. The van der Waals surface area contributed by atoms with Gasteiger partial charge in [-0.1, -0.05) is 30.3 Å². The van der Waals surface area contributed by atoms with Crippen molar-refractivity contribution >= 4 is 29.1 Å². The summed E-state index contributed by atoms with van der Waals surface area (Å²) in [6.07, 6.45) is 6.19. The van der Waals surface area contributed by atoms with Crippen LogP contribution in [0.3, 0.4) is 0 Å². The number of nitrogens with two attached hydrogens (primary N) is 1. The van der Waals surface area contributed by atoms with E-state index >= 15 is 0 Å². The number of thiophene rings is 1. The molecule has 0 aliphatic rings. The van der Waals surface area contributed by atoms with E-state index in [1.165, 1.54) is 16.9 Å². The average Bonchev–Trinajstić information content (AvgIpc) is 3.22. The van der Waals surface area contributed by atoms with Gasteiger partial charge < -0.3 is 15.6 Å². The monoisotopic (exact) mass is 443 g/mol. The Kier molecular flexibility index (Phi) is 9.62. The summed E-state index contributed by atoms with van der Waals surface area (Å²) in [4.78, 5) is 36.1. The predicted molar refractivity (Wildman–Crippen MR) is 121 cm³/mol. The Hall–Kier alpha value is -2.77. The second kappa shape index (κ2) is 12.2. The first kappa shape index (κ1) is 24.5. The highest BCUT2D eigenvalue weighted by Gasteiger charge is 2.21. The van der Waals surface area contributed by atoms with Crippen LogP contribution in [0.25, 0.3) is 0 Å². The first-order valence-electron chi connectivity index (χ1n) is 10.3. The van der Waals surface area contributed by atoms with Crippen molar-refractivity contribution in [2.24, 2.45) is 5.73 Å². The van der Waals surface area contributed by atoms with Crippen molar-refractivity contribution in [1.29, 1.82) is 0 Å². The van der Waals surface area contributed by atoms with E-state index in [1.807, 2.05) is 30.3 Å². The fraction of sp³-hybridized carbons (Fsp3) is 0.375. The van der Waals surface area contributed by atoms with Gasteiger partial charge in [0.1, 0.15) is 6.61 Å². The minimum absolute atomic E-state index is 0.0195. The molecule has 0 fully saturated rings. The average molecular weight is 444 g/mol. The van der Waals surface area contributed by atoms with Crippen molar-refractivity contribution in [2.75, 3.05) is 6.61 Å². The molecule has 2 aromatic rings. The summed E-state index contributed by atoms with van der Waals surface area (Å²) in [5.41, 5.74) is 6.73. The zero-order valence-electron chi connectivity index (χ0n) is 17.7. The van der Waals surface area contributed by atoms with Crippen LogP contribution in [-0.4, -0.2) is 35.0 Å². The molecule has 0 bridgehead atoms. The minimum atomic E-state index is -1.22.